The van der Waals surface area contributed by atoms with E-state index in [-0.39, 0.29) is 17.5 Å². The summed E-state index contributed by atoms with van der Waals surface area (Å²) in [6, 6.07) is 21.2. The number of nitrogens with one attached hydrogen (secondary N) is 2. The highest BCUT2D eigenvalue weighted by molar-refractivity contribution is 6.03. The molecule has 0 fully saturated rings. The number of ether oxygens (including phenoxy) is 1. The molecule has 0 spiro atoms. The van der Waals surface area contributed by atoms with Crippen molar-refractivity contribution in [3.05, 3.63) is 83.6 Å². The van der Waals surface area contributed by atoms with Crippen LogP contribution in [0.3, 0.4) is 0 Å². The Labute approximate surface area is 164 Å². The molecule has 0 radical (unpaired) electrons. The van der Waals surface area contributed by atoms with Gasteiger partial charge in [0.15, 0.2) is 0 Å². The van der Waals surface area contributed by atoms with Crippen molar-refractivity contribution in [3.63, 3.8) is 0 Å². The van der Waals surface area contributed by atoms with Gasteiger partial charge in [0.1, 0.15) is 11.4 Å². The van der Waals surface area contributed by atoms with E-state index in [1.807, 2.05) is 66.7 Å². The molecule has 3 aromatic carbocycles. The molecule has 3 rings (SSSR count). The molecule has 0 aliphatic heterocycles. The number of hydrogen-bond acceptors (Lipinski definition) is 3. The van der Waals surface area contributed by atoms with Gasteiger partial charge in [0.2, 0.25) is 5.91 Å². The molecule has 0 saturated heterocycles. The predicted octanol–water partition coefficient (Wildman–Crippen LogP) is 3.64. The lowest BCUT2D eigenvalue weighted by Gasteiger charge is -2.11. The van der Waals surface area contributed by atoms with Gasteiger partial charge in [-0.1, -0.05) is 54.6 Å². The second-order valence-electron chi connectivity index (χ2n) is 6.34. The summed E-state index contributed by atoms with van der Waals surface area (Å²) in [4.78, 5) is 24.3. The fourth-order valence-electron chi connectivity index (χ4n) is 2.90. The molecule has 142 valence electrons. The summed E-state index contributed by atoms with van der Waals surface area (Å²) in [5.74, 6) is 0.106. The van der Waals surface area contributed by atoms with Crippen LogP contribution in [0.2, 0.25) is 0 Å². The van der Waals surface area contributed by atoms with Gasteiger partial charge < -0.3 is 15.4 Å². The minimum Gasteiger partial charge on any atom is -0.497 e. The van der Waals surface area contributed by atoms with Crippen LogP contribution in [-0.2, 0) is 16.1 Å². The zero-order valence-corrected chi connectivity index (χ0v) is 15.9. The fraction of sp³-hybridized carbons (Fsp3) is 0.130. The van der Waals surface area contributed by atoms with Crippen LogP contribution >= 0.6 is 0 Å². The number of methoxy groups -OCH3 is 1. The molecule has 0 unspecified atom stereocenters. The molecular formula is C23H22N2O3. The summed E-state index contributed by atoms with van der Waals surface area (Å²) in [5.41, 5.74) is 2.00. The number of amides is 2. The maximum atomic E-state index is 12.7. The molecule has 3 aromatic rings. The molecular weight excluding hydrogens is 352 g/mol. The Morgan fingerprint density at radius 2 is 1.68 bits per heavy atom. The van der Waals surface area contributed by atoms with Crippen molar-refractivity contribution in [3.8, 4) is 5.75 Å². The maximum absolute atomic E-state index is 12.7. The van der Waals surface area contributed by atoms with Gasteiger partial charge in [-0.05, 0) is 40.1 Å². The number of carbonyl (C=O) groups is 2. The summed E-state index contributed by atoms with van der Waals surface area (Å²) in [6.07, 6.45) is 1.70. The van der Waals surface area contributed by atoms with Gasteiger partial charge >= 0.3 is 0 Å². The molecule has 2 amide bonds. The van der Waals surface area contributed by atoms with Crippen LogP contribution in [0.5, 0.6) is 5.75 Å². The van der Waals surface area contributed by atoms with Gasteiger partial charge in [0.05, 0.1) is 7.11 Å². The predicted molar refractivity (Wildman–Crippen MR) is 111 cm³/mol. The maximum Gasteiger partial charge on any atom is 0.268 e. The summed E-state index contributed by atoms with van der Waals surface area (Å²) >= 11 is 0. The SMILES string of the molecule is COc1ccc(CNC(=O)/C(=C\c2cccc3ccccc23)NC(C)=O)cc1. The van der Waals surface area contributed by atoms with E-state index >= 15 is 0 Å². The van der Waals surface area contributed by atoms with E-state index in [1.165, 1.54) is 6.92 Å². The van der Waals surface area contributed by atoms with Crippen molar-refractivity contribution in [1.82, 2.24) is 10.6 Å². The second kappa shape index (κ2) is 8.86. The zero-order valence-electron chi connectivity index (χ0n) is 15.9. The number of benzene rings is 3. The third-order valence-corrected chi connectivity index (χ3v) is 4.29. The topological polar surface area (TPSA) is 67.4 Å². The second-order valence-corrected chi connectivity index (χ2v) is 6.34. The van der Waals surface area contributed by atoms with E-state index in [9.17, 15) is 9.59 Å². The van der Waals surface area contributed by atoms with Gasteiger partial charge in [-0.2, -0.15) is 0 Å². The molecule has 0 aliphatic rings. The molecule has 0 atom stereocenters. The lowest BCUT2D eigenvalue weighted by molar-refractivity contribution is -0.122. The average molecular weight is 374 g/mol. The molecule has 0 bridgehead atoms. The Hall–Kier alpha value is -3.60. The largest absolute Gasteiger partial charge is 0.497 e. The lowest BCUT2D eigenvalue weighted by Crippen LogP contribution is -2.33. The summed E-state index contributed by atoms with van der Waals surface area (Å²) in [7, 11) is 1.61. The van der Waals surface area contributed by atoms with Crippen molar-refractivity contribution >= 4 is 28.7 Å². The van der Waals surface area contributed by atoms with Gasteiger partial charge in [-0.15, -0.1) is 0 Å². The van der Waals surface area contributed by atoms with Crippen LogP contribution in [0.25, 0.3) is 16.8 Å². The van der Waals surface area contributed by atoms with Gasteiger partial charge in [-0.3, -0.25) is 9.59 Å². The van der Waals surface area contributed by atoms with Gasteiger partial charge in [-0.25, -0.2) is 0 Å². The minimum absolute atomic E-state index is 0.206. The van der Waals surface area contributed by atoms with E-state index in [4.69, 9.17) is 4.74 Å². The number of carbonyl (C=O) groups excluding carboxylic acids is 2. The summed E-state index contributed by atoms with van der Waals surface area (Å²) in [5, 5.41) is 7.56. The summed E-state index contributed by atoms with van der Waals surface area (Å²) < 4.78 is 5.13. The standard InChI is InChI=1S/C23H22N2O3/c1-16(26)25-22(14-19-8-5-7-18-6-3-4-9-21(18)19)23(27)24-15-17-10-12-20(28-2)13-11-17/h3-14H,15H2,1-2H3,(H,24,27)(H,25,26)/b22-14+. The molecule has 0 aromatic heterocycles. The molecule has 0 aliphatic carbocycles. The van der Waals surface area contributed by atoms with Crippen LogP contribution < -0.4 is 15.4 Å². The van der Waals surface area contributed by atoms with Crippen molar-refractivity contribution in [2.24, 2.45) is 0 Å². The lowest BCUT2D eigenvalue weighted by atomic mass is 10.0. The van der Waals surface area contributed by atoms with Crippen molar-refractivity contribution in [2.75, 3.05) is 7.11 Å². The molecule has 28 heavy (non-hydrogen) atoms. The molecule has 2 N–H and O–H groups in total. The molecule has 0 heterocycles. The van der Waals surface area contributed by atoms with Crippen molar-refractivity contribution < 1.29 is 14.3 Å². The average Bonchev–Trinajstić information content (AvgIpc) is 2.72. The Kier molecular flexibility index (Phi) is 6.07. The normalized spacial score (nSPS) is 11.1. The fourth-order valence-corrected chi connectivity index (χ4v) is 2.90. The number of rotatable bonds is 6. The van der Waals surface area contributed by atoms with Crippen LogP contribution in [0.15, 0.2) is 72.4 Å². The Morgan fingerprint density at radius 3 is 2.39 bits per heavy atom. The zero-order chi connectivity index (χ0) is 19.9. The molecule has 5 nitrogen and oxygen atoms in total. The third kappa shape index (κ3) is 4.76. The molecule has 5 heteroatoms. The van der Waals surface area contributed by atoms with E-state index in [0.29, 0.717) is 6.54 Å². The van der Waals surface area contributed by atoms with E-state index < -0.39 is 0 Å². The van der Waals surface area contributed by atoms with E-state index in [1.54, 1.807) is 13.2 Å². The van der Waals surface area contributed by atoms with Gasteiger partial charge in [0, 0.05) is 13.5 Å². The number of fused-ring (bicyclic) bond motifs is 1. The smallest absolute Gasteiger partial charge is 0.268 e. The van der Waals surface area contributed by atoms with Crippen LogP contribution in [0.4, 0.5) is 0 Å². The van der Waals surface area contributed by atoms with E-state index in [2.05, 4.69) is 10.6 Å². The number of hydrogen-bond donors (Lipinski definition) is 2. The van der Waals surface area contributed by atoms with Crippen LogP contribution in [-0.4, -0.2) is 18.9 Å². The quantitative estimate of drug-likeness (QED) is 0.648. The van der Waals surface area contributed by atoms with Crippen molar-refractivity contribution in [1.29, 1.82) is 0 Å². The van der Waals surface area contributed by atoms with Gasteiger partial charge in [0.25, 0.3) is 5.91 Å². The summed E-state index contributed by atoms with van der Waals surface area (Å²) in [6.45, 7) is 1.73. The first-order chi connectivity index (χ1) is 13.6. The highest BCUT2D eigenvalue weighted by atomic mass is 16.5. The van der Waals surface area contributed by atoms with Crippen LogP contribution in [0.1, 0.15) is 18.1 Å². The third-order valence-electron chi connectivity index (χ3n) is 4.29. The molecule has 0 saturated carbocycles. The first-order valence-electron chi connectivity index (χ1n) is 8.95. The Balaban J connectivity index is 1.83. The van der Waals surface area contributed by atoms with Crippen LogP contribution in [0, 0.1) is 0 Å². The first kappa shape index (κ1) is 19.2. The van der Waals surface area contributed by atoms with E-state index in [0.717, 1.165) is 27.6 Å². The monoisotopic (exact) mass is 374 g/mol. The highest BCUT2D eigenvalue weighted by Gasteiger charge is 2.12. The minimum atomic E-state index is -0.348. The van der Waals surface area contributed by atoms with Crippen molar-refractivity contribution in [2.45, 2.75) is 13.5 Å². The highest BCUT2D eigenvalue weighted by Crippen LogP contribution is 2.20. The first-order valence-corrected chi connectivity index (χ1v) is 8.95. The Morgan fingerprint density at radius 1 is 0.964 bits per heavy atom. The Bertz CT molecular complexity index is 1020.